The van der Waals surface area contributed by atoms with E-state index in [0.717, 1.165) is 63.9 Å². The molecule has 0 atom stereocenters. The minimum atomic E-state index is -3.26. The quantitative estimate of drug-likeness (QED) is 0.783. The lowest BCUT2D eigenvalue weighted by molar-refractivity contribution is 0.274. The van der Waals surface area contributed by atoms with Gasteiger partial charge in [0.25, 0.3) is 10.2 Å². The fourth-order valence-electron chi connectivity index (χ4n) is 3.59. The highest BCUT2D eigenvalue weighted by Crippen LogP contribution is 2.18. The molecule has 0 aliphatic carbocycles. The SMILES string of the molecule is O=S(=O)(N1CCCCC1)N1CCCN(CCCc2ccco2)CC1. The summed E-state index contributed by atoms with van der Waals surface area (Å²) in [5.41, 5.74) is 0. The van der Waals surface area contributed by atoms with Crippen LogP contribution in [0.4, 0.5) is 0 Å². The van der Waals surface area contributed by atoms with Crippen LogP contribution in [0.1, 0.15) is 37.9 Å². The smallest absolute Gasteiger partial charge is 0.282 e. The first-order valence-electron chi connectivity index (χ1n) is 9.16. The average molecular weight is 356 g/mol. The van der Waals surface area contributed by atoms with Crippen molar-refractivity contribution in [1.82, 2.24) is 13.5 Å². The van der Waals surface area contributed by atoms with E-state index in [0.29, 0.717) is 26.2 Å². The molecule has 136 valence electrons. The van der Waals surface area contributed by atoms with Gasteiger partial charge in [-0.2, -0.15) is 17.0 Å². The third kappa shape index (κ3) is 4.59. The zero-order chi connectivity index (χ0) is 16.8. The Labute approximate surface area is 145 Å². The van der Waals surface area contributed by atoms with E-state index in [4.69, 9.17) is 4.42 Å². The molecule has 0 radical (unpaired) electrons. The minimum absolute atomic E-state index is 0.611. The van der Waals surface area contributed by atoms with Gasteiger partial charge in [0, 0.05) is 39.1 Å². The van der Waals surface area contributed by atoms with Crippen LogP contribution in [-0.2, 0) is 16.6 Å². The van der Waals surface area contributed by atoms with Crippen molar-refractivity contribution >= 4 is 10.2 Å². The van der Waals surface area contributed by atoms with Gasteiger partial charge in [-0.25, -0.2) is 0 Å². The molecule has 1 aromatic heterocycles. The second kappa shape index (κ2) is 8.47. The molecule has 24 heavy (non-hydrogen) atoms. The maximum atomic E-state index is 12.8. The van der Waals surface area contributed by atoms with Gasteiger partial charge >= 0.3 is 0 Å². The summed E-state index contributed by atoms with van der Waals surface area (Å²) in [6.07, 6.45) is 7.75. The third-order valence-electron chi connectivity index (χ3n) is 4.99. The standard InChI is InChI=1S/C17H29N3O3S/c21-24(22,19-11-2-1-3-12-19)20-13-6-10-18(14-15-20)9-4-7-17-8-5-16-23-17/h5,8,16H,1-4,6-7,9-15H2. The van der Waals surface area contributed by atoms with Crippen LogP contribution in [-0.4, -0.2) is 67.7 Å². The fourth-order valence-corrected chi connectivity index (χ4v) is 5.31. The number of furan rings is 1. The van der Waals surface area contributed by atoms with Gasteiger partial charge in [-0.15, -0.1) is 0 Å². The van der Waals surface area contributed by atoms with Crippen LogP contribution < -0.4 is 0 Å². The van der Waals surface area contributed by atoms with Crippen molar-refractivity contribution in [3.63, 3.8) is 0 Å². The van der Waals surface area contributed by atoms with Gasteiger partial charge in [0.1, 0.15) is 5.76 Å². The molecule has 0 aromatic carbocycles. The summed E-state index contributed by atoms with van der Waals surface area (Å²) < 4.78 is 34.3. The summed E-state index contributed by atoms with van der Waals surface area (Å²) in [4.78, 5) is 2.38. The van der Waals surface area contributed by atoms with E-state index >= 15 is 0 Å². The predicted octanol–water partition coefficient (Wildman–Crippen LogP) is 1.95. The number of aryl methyl sites for hydroxylation is 1. The van der Waals surface area contributed by atoms with E-state index in [1.807, 2.05) is 12.1 Å². The lowest BCUT2D eigenvalue weighted by atomic mass is 10.2. The van der Waals surface area contributed by atoms with Crippen LogP contribution in [0.3, 0.4) is 0 Å². The molecule has 0 N–H and O–H groups in total. The molecule has 2 saturated heterocycles. The molecule has 2 aliphatic heterocycles. The molecule has 0 amide bonds. The van der Waals surface area contributed by atoms with E-state index in [2.05, 4.69) is 4.90 Å². The highest BCUT2D eigenvalue weighted by molar-refractivity contribution is 7.86. The molecular formula is C17H29N3O3S. The molecule has 3 heterocycles. The van der Waals surface area contributed by atoms with Gasteiger partial charge in [-0.05, 0) is 50.9 Å². The molecular weight excluding hydrogens is 326 g/mol. The Bertz CT molecular complexity index is 582. The molecule has 0 spiro atoms. The van der Waals surface area contributed by atoms with Crippen LogP contribution in [0.25, 0.3) is 0 Å². The van der Waals surface area contributed by atoms with Gasteiger partial charge in [-0.1, -0.05) is 6.42 Å². The lowest BCUT2D eigenvalue weighted by Crippen LogP contribution is -2.47. The van der Waals surface area contributed by atoms with E-state index in [-0.39, 0.29) is 0 Å². The van der Waals surface area contributed by atoms with Crippen LogP contribution in [0.2, 0.25) is 0 Å². The molecule has 3 rings (SSSR count). The van der Waals surface area contributed by atoms with Crippen LogP contribution >= 0.6 is 0 Å². The highest BCUT2D eigenvalue weighted by Gasteiger charge is 2.31. The second-order valence-electron chi connectivity index (χ2n) is 6.74. The number of rotatable bonds is 6. The Balaban J connectivity index is 1.47. The lowest BCUT2D eigenvalue weighted by Gasteiger charge is -2.31. The molecule has 7 heteroatoms. The molecule has 0 unspecified atom stereocenters. The number of hydrogen-bond acceptors (Lipinski definition) is 4. The first kappa shape index (κ1) is 17.9. The first-order valence-corrected chi connectivity index (χ1v) is 10.6. The van der Waals surface area contributed by atoms with Crippen LogP contribution in [0, 0.1) is 0 Å². The van der Waals surface area contributed by atoms with Crippen molar-refractivity contribution in [2.75, 3.05) is 45.8 Å². The zero-order valence-corrected chi connectivity index (χ0v) is 15.2. The molecule has 2 aliphatic rings. The van der Waals surface area contributed by atoms with Crippen molar-refractivity contribution < 1.29 is 12.8 Å². The van der Waals surface area contributed by atoms with Crippen molar-refractivity contribution in [2.24, 2.45) is 0 Å². The Morgan fingerprint density at radius 3 is 2.42 bits per heavy atom. The van der Waals surface area contributed by atoms with Crippen LogP contribution in [0.15, 0.2) is 22.8 Å². The van der Waals surface area contributed by atoms with Gasteiger partial charge < -0.3 is 9.32 Å². The maximum Gasteiger partial charge on any atom is 0.282 e. The molecule has 6 nitrogen and oxygen atoms in total. The maximum absolute atomic E-state index is 12.8. The van der Waals surface area contributed by atoms with Gasteiger partial charge in [-0.3, -0.25) is 0 Å². The third-order valence-corrected chi connectivity index (χ3v) is 7.03. The monoisotopic (exact) mass is 355 g/mol. The van der Waals surface area contributed by atoms with Crippen molar-refractivity contribution in [3.05, 3.63) is 24.2 Å². The Kier molecular flexibility index (Phi) is 6.32. The van der Waals surface area contributed by atoms with E-state index in [1.165, 1.54) is 0 Å². The normalized spacial score (nSPS) is 22.5. The molecule has 2 fully saturated rings. The first-order chi connectivity index (χ1) is 11.7. The molecule has 1 aromatic rings. The largest absolute Gasteiger partial charge is 0.469 e. The molecule has 0 bridgehead atoms. The van der Waals surface area contributed by atoms with Crippen molar-refractivity contribution in [3.8, 4) is 0 Å². The topological polar surface area (TPSA) is 57.0 Å². The Morgan fingerprint density at radius 2 is 1.67 bits per heavy atom. The van der Waals surface area contributed by atoms with Crippen LogP contribution in [0.5, 0.6) is 0 Å². The summed E-state index contributed by atoms with van der Waals surface area (Å²) in [6.45, 7) is 5.43. The second-order valence-corrected chi connectivity index (χ2v) is 8.67. The zero-order valence-electron chi connectivity index (χ0n) is 14.4. The van der Waals surface area contributed by atoms with Crippen molar-refractivity contribution in [2.45, 2.75) is 38.5 Å². The van der Waals surface area contributed by atoms with Gasteiger partial charge in [0.2, 0.25) is 0 Å². The summed E-state index contributed by atoms with van der Waals surface area (Å²) in [7, 11) is -3.26. The Hall–Kier alpha value is -0.890. The van der Waals surface area contributed by atoms with Crippen molar-refractivity contribution in [1.29, 1.82) is 0 Å². The average Bonchev–Trinajstić information content (AvgIpc) is 2.99. The predicted molar refractivity (Wildman–Crippen MR) is 94.0 cm³/mol. The van der Waals surface area contributed by atoms with E-state index in [9.17, 15) is 8.42 Å². The van der Waals surface area contributed by atoms with E-state index < -0.39 is 10.2 Å². The van der Waals surface area contributed by atoms with Gasteiger partial charge in [0.05, 0.1) is 6.26 Å². The summed E-state index contributed by atoms with van der Waals surface area (Å²) in [5.74, 6) is 1.03. The summed E-state index contributed by atoms with van der Waals surface area (Å²) in [6, 6.07) is 3.93. The van der Waals surface area contributed by atoms with E-state index in [1.54, 1.807) is 14.9 Å². The highest BCUT2D eigenvalue weighted by atomic mass is 32.2. The minimum Gasteiger partial charge on any atom is -0.469 e. The Morgan fingerprint density at radius 1 is 0.917 bits per heavy atom. The number of nitrogens with zero attached hydrogens (tertiary/aromatic N) is 3. The fraction of sp³-hybridized carbons (Fsp3) is 0.765. The molecule has 0 saturated carbocycles. The summed E-state index contributed by atoms with van der Waals surface area (Å²) >= 11 is 0. The summed E-state index contributed by atoms with van der Waals surface area (Å²) in [5, 5.41) is 0. The number of hydrogen-bond donors (Lipinski definition) is 0. The van der Waals surface area contributed by atoms with Gasteiger partial charge in [0.15, 0.2) is 0 Å². The number of piperidine rings is 1.